The summed E-state index contributed by atoms with van der Waals surface area (Å²) >= 11 is 0. The third-order valence-corrected chi connectivity index (χ3v) is 4.01. The molecule has 1 aliphatic rings. The number of ether oxygens (including phenoxy) is 2. The minimum absolute atomic E-state index is 0.307. The van der Waals surface area contributed by atoms with Crippen LogP contribution in [0, 0.1) is 0 Å². The second kappa shape index (κ2) is 8.90. The summed E-state index contributed by atoms with van der Waals surface area (Å²) in [5.74, 6) is 1.08. The third kappa shape index (κ3) is 5.56. The second-order valence-electron chi connectivity index (χ2n) is 5.66. The molecule has 0 saturated heterocycles. The third-order valence-electron chi connectivity index (χ3n) is 4.01. The van der Waals surface area contributed by atoms with E-state index in [1.807, 2.05) is 6.07 Å². The average Bonchev–Trinajstić information content (AvgIpc) is 2.53. The highest BCUT2D eigenvalue weighted by Gasteiger charge is 2.12. The van der Waals surface area contributed by atoms with Crippen LogP contribution in [0.3, 0.4) is 0 Å². The van der Waals surface area contributed by atoms with E-state index in [4.69, 9.17) is 9.47 Å². The van der Waals surface area contributed by atoms with E-state index in [0.29, 0.717) is 18.4 Å². The minimum Gasteiger partial charge on any atom is -0.508 e. The van der Waals surface area contributed by atoms with Crippen molar-refractivity contribution in [1.82, 2.24) is 5.32 Å². The van der Waals surface area contributed by atoms with Crippen LogP contribution in [0.25, 0.3) is 0 Å². The van der Waals surface area contributed by atoms with Gasteiger partial charge in [-0.2, -0.15) is 0 Å². The van der Waals surface area contributed by atoms with Crippen molar-refractivity contribution in [2.24, 2.45) is 0 Å². The molecule has 0 unspecified atom stereocenters. The van der Waals surface area contributed by atoms with Crippen molar-refractivity contribution < 1.29 is 14.6 Å². The molecular formula is C17H27NO3. The van der Waals surface area contributed by atoms with Crippen molar-refractivity contribution in [3.05, 3.63) is 23.8 Å². The summed E-state index contributed by atoms with van der Waals surface area (Å²) in [6, 6.07) is 5.29. The van der Waals surface area contributed by atoms with Gasteiger partial charge in [-0.25, -0.2) is 0 Å². The molecule has 2 N–H and O–H groups in total. The number of phenolic OH excluding ortho intramolecular Hbond substituents is 1. The van der Waals surface area contributed by atoms with E-state index < -0.39 is 0 Å². The molecule has 4 nitrogen and oxygen atoms in total. The zero-order valence-electron chi connectivity index (χ0n) is 12.9. The summed E-state index contributed by atoms with van der Waals surface area (Å²) < 4.78 is 11.0. The summed E-state index contributed by atoms with van der Waals surface area (Å²) in [6.07, 6.45) is 7.94. The van der Waals surface area contributed by atoms with E-state index in [-0.39, 0.29) is 0 Å². The maximum atomic E-state index is 9.78. The minimum atomic E-state index is 0.307. The van der Waals surface area contributed by atoms with E-state index in [1.165, 1.54) is 32.1 Å². The first kappa shape index (κ1) is 16.1. The summed E-state index contributed by atoms with van der Waals surface area (Å²) in [4.78, 5) is 0. The maximum Gasteiger partial charge on any atom is 0.120 e. The van der Waals surface area contributed by atoms with Crippen molar-refractivity contribution in [1.29, 1.82) is 0 Å². The molecule has 0 amide bonds. The molecule has 1 aromatic rings. The van der Waals surface area contributed by atoms with Gasteiger partial charge in [0.25, 0.3) is 0 Å². The van der Waals surface area contributed by atoms with E-state index >= 15 is 0 Å². The van der Waals surface area contributed by atoms with Crippen LogP contribution in [0.5, 0.6) is 11.5 Å². The Bertz CT molecular complexity index is 416. The number of rotatable bonds is 8. The first-order chi connectivity index (χ1) is 10.3. The van der Waals surface area contributed by atoms with Gasteiger partial charge in [-0.3, -0.25) is 0 Å². The van der Waals surface area contributed by atoms with Crippen LogP contribution in [0.15, 0.2) is 18.2 Å². The van der Waals surface area contributed by atoms with Gasteiger partial charge in [0, 0.05) is 18.7 Å². The number of benzene rings is 1. The van der Waals surface area contributed by atoms with Crippen molar-refractivity contribution >= 4 is 0 Å². The average molecular weight is 293 g/mol. The number of methoxy groups -OCH3 is 1. The highest BCUT2D eigenvalue weighted by atomic mass is 16.5. The predicted octanol–water partition coefficient (Wildman–Crippen LogP) is 3.23. The molecule has 21 heavy (non-hydrogen) atoms. The predicted molar refractivity (Wildman–Crippen MR) is 83.8 cm³/mol. The van der Waals surface area contributed by atoms with Gasteiger partial charge in [-0.15, -0.1) is 0 Å². The lowest BCUT2D eigenvalue weighted by Crippen LogP contribution is -2.20. The lowest BCUT2D eigenvalue weighted by Gasteiger charge is -2.21. The zero-order chi connectivity index (χ0) is 14.9. The molecule has 1 fully saturated rings. The Kier molecular flexibility index (Phi) is 6.83. The molecule has 1 aliphatic carbocycles. The molecule has 0 heterocycles. The van der Waals surface area contributed by atoms with Crippen LogP contribution in [-0.4, -0.2) is 31.5 Å². The normalized spacial score (nSPS) is 16.0. The van der Waals surface area contributed by atoms with Crippen molar-refractivity contribution in [2.45, 2.75) is 51.2 Å². The fraction of sp³-hybridized carbons (Fsp3) is 0.647. The monoisotopic (exact) mass is 293 g/mol. The van der Waals surface area contributed by atoms with Crippen LogP contribution in [-0.2, 0) is 11.3 Å². The Hall–Kier alpha value is -1.26. The van der Waals surface area contributed by atoms with Gasteiger partial charge in [-0.05, 0) is 44.0 Å². The number of hydrogen-bond donors (Lipinski definition) is 2. The summed E-state index contributed by atoms with van der Waals surface area (Å²) in [6.45, 7) is 2.36. The van der Waals surface area contributed by atoms with Crippen LogP contribution >= 0.6 is 0 Å². The standard InChI is InChI=1S/C17H27NO3/c1-20-16-8-9-17(19)14(12-16)13-18-10-5-11-21-15-6-3-2-4-7-15/h8-9,12,15,18-19H,2-7,10-11,13H2,1H3. The summed E-state index contributed by atoms with van der Waals surface area (Å²) in [5.41, 5.74) is 0.863. The van der Waals surface area contributed by atoms with Crippen LogP contribution < -0.4 is 10.1 Å². The molecule has 0 aromatic heterocycles. The van der Waals surface area contributed by atoms with E-state index in [1.54, 1.807) is 19.2 Å². The molecule has 0 spiro atoms. The Morgan fingerprint density at radius 3 is 2.81 bits per heavy atom. The molecule has 1 saturated carbocycles. The first-order valence-corrected chi connectivity index (χ1v) is 7.98. The quantitative estimate of drug-likeness (QED) is 0.723. The molecule has 1 aromatic carbocycles. The molecule has 0 bridgehead atoms. The number of aromatic hydroxyl groups is 1. The lowest BCUT2D eigenvalue weighted by molar-refractivity contribution is 0.0273. The molecule has 0 aliphatic heterocycles. The Balaban J connectivity index is 1.59. The van der Waals surface area contributed by atoms with Crippen molar-refractivity contribution in [2.75, 3.05) is 20.3 Å². The van der Waals surface area contributed by atoms with Gasteiger partial charge in [0.2, 0.25) is 0 Å². The maximum absolute atomic E-state index is 9.78. The highest BCUT2D eigenvalue weighted by Crippen LogP contribution is 2.22. The van der Waals surface area contributed by atoms with Crippen LogP contribution in [0.2, 0.25) is 0 Å². The highest BCUT2D eigenvalue weighted by molar-refractivity contribution is 5.39. The van der Waals surface area contributed by atoms with Gasteiger partial charge in [0.15, 0.2) is 0 Å². The Labute approximate surface area is 127 Å². The molecule has 2 rings (SSSR count). The lowest BCUT2D eigenvalue weighted by atomic mass is 9.98. The second-order valence-corrected chi connectivity index (χ2v) is 5.66. The van der Waals surface area contributed by atoms with E-state index in [9.17, 15) is 5.11 Å². The van der Waals surface area contributed by atoms with E-state index in [2.05, 4.69) is 5.32 Å². The fourth-order valence-electron chi connectivity index (χ4n) is 2.73. The van der Waals surface area contributed by atoms with Gasteiger partial charge in [0.05, 0.1) is 13.2 Å². The smallest absolute Gasteiger partial charge is 0.120 e. The van der Waals surface area contributed by atoms with Crippen molar-refractivity contribution in [3.63, 3.8) is 0 Å². The summed E-state index contributed by atoms with van der Waals surface area (Å²) in [5, 5.41) is 13.1. The molecule has 4 heteroatoms. The number of hydrogen-bond acceptors (Lipinski definition) is 4. The topological polar surface area (TPSA) is 50.7 Å². The fourth-order valence-corrected chi connectivity index (χ4v) is 2.73. The Morgan fingerprint density at radius 2 is 2.05 bits per heavy atom. The number of nitrogens with one attached hydrogen (secondary N) is 1. The Morgan fingerprint density at radius 1 is 1.24 bits per heavy atom. The van der Waals surface area contributed by atoms with Gasteiger partial charge in [-0.1, -0.05) is 19.3 Å². The number of phenols is 1. The first-order valence-electron chi connectivity index (χ1n) is 7.98. The van der Waals surface area contributed by atoms with Crippen LogP contribution in [0.1, 0.15) is 44.1 Å². The summed E-state index contributed by atoms with van der Waals surface area (Å²) in [7, 11) is 1.63. The molecule has 118 valence electrons. The zero-order valence-corrected chi connectivity index (χ0v) is 12.9. The SMILES string of the molecule is COc1ccc(O)c(CNCCCOC2CCCCC2)c1. The molecular weight excluding hydrogens is 266 g/mol. The van der Waals surface area contributed by atoms with Gasteiger partial charge in [0.1, 0.15) is 11.5 Å². The van der Waals surface area contributed by atoms with E-state index in [0.717, 1.165) is 30.9 Å². The molecule has 0 atom stereocenters. The van der Waals surface area contributed by atoms with Crippen LogP contribution in [0.4, 0.5) is 0 Å². The van der Waals surface area contributed by atoms with Gasteiger partial charge >= 0.3 is 0 Å². The van der Waals surface area contributed by atoms with Crippen molar-refractivity contribution in [3.8, 4) is 11.5 Å². The van der Waals surface area contributed by atoms with Gasteiger partial charge < -0.3 is 19.9 Å². The largest absolute Gasteiger partial charge is 0.508 e. The molecule has 0 radical (unpaired) electrons.